The number of ether oxygens (including phenoxy) is 2. The summed E-state index contributed by atoms with van der Waals surface area (Å²) in [5.41, 5.74) is 0.543. The zero-order valence-electron chi connectivity index (χ0n) is 10.7. The topological polar surface area (TPSA) is 67.2 Å². The van der Waals surface area contributed by atoms with Crippen LogP contribution in [0.4, 0.5) is 5.82 Å². The predicted molar refractivity (Wildman–Crippen MR) is 73.8 cm³/mol. The summed E-state index contributed by atoms with van der Waals surface area (Å²) in [4.78, 5) is 4.15. The molecular formula is C15H13N3O2. The first-order chi connectivity index (χ1) is 9.85. The van der Waals surface area contributed by atoms with Crippen LogP contribution in [0.2, 0.25) is 0 Å². The number of nitrogens with zero attached hydrogens (tertiary/aromatic N) is 2. The molecule has 0 unspecified atom stereocenters. The molecule has 0 radical (unpaired) electrons. The Hall–Kier alpha value is -2.74. The minimum Gasteiger partial charge on any atom is -0.486 e. The highest BCUT2D eigenvalue weighted by molar-refractivity contribution is 5.42. The van der Waals surface area contributed by atoms with E-state index >= 15 is 0 Å². The average molecular weight is 267 g/mol. The lowest BCUT2D eigenvalue weighted by molar-refractivity contribution is 0.0997. The Morgan fingerprint density at radius 2 is 2.10 bits per heavy atom. The molecule has 0 aliphatic carbocycles. The summed E-state index contributed by atoms with van der Waals surface area (Å²) in [6, 6.07) is 13.2. The summed E-state index contributed by atoms with van der Waals surface area (Å²) in [5, 5.41) is 11.9. The Bertz CT molecular complexity index is 634. The molecule has 1 aromatic carbocycles. The summed E-state index contributed by atoms with van der Waals surface area (Å²) in [6.45, 7) is 1.09. The summed E-state index contributed by atoms with van der Waals surface area (Å²) >= 11 is 0. The van der Waals surface area contributed by atoms with Gasteiger partial charge in [0.25, 0.3) is 0 Å². The number of rotatable bonds is 3. The van der Waals surface area contributed by atoms with Crippen molar-refractivity contribution in [2.24, 2.45) is 0 Å². The van der Waals surface area contributed by atoms with Crippen LogP contribution in [0, 0.1) is 11.3 Å². The van der Waals surface area contributed by atoms with E-state index in [2.05, 4.69) is 10.3 Å². The Morgan fingerprint density at radius 1 is 1.25 bits per heavy atom. The molecule has 0 spiro atoms. The fraction of sp³-hybridized carbons (Fsp3) is 0.200. The van der Waals surface area contributed by atoms with Crippen molar-refractivity contribution in [2.75, 3.05) is 18.5 Å². The van der Waals surface area contributed by atoms with Gasteiger partial charge in [-0.3, -0.25) is 0 Å². The van der Waals surface area contributed by atoms with Crippen molar-refractivity contribution in [3.8, 4) is 17.6 Å². The monoisotopic (exact) mass is 267 g/mol. The van der Waals surface area contributed by atoms with Crippen LogP contribution in [0.15, 0.2) is 42.6 Å². The zero-order valence-corrected chi connectivity index (χ0v) is 10.7. The maximum absolute atomic E-state index is 8.71. The van der Waals surface area contributed by atoms with Crippen LogP contribution in [0.25, 0.3) is 0 Å². The molecule has 2 heterocycles. The molecule has 3 rings (SSSR count). The third-order valence-corrected chi connectivity index (χ3v) is 2.97. The van der Waals surface area contributed by atoms with E-state index in [0.717, 1.165) is 11.5 Å². The van der Waals surface area contributed by atoms with Crippen LogP contribution in [0.5, 0.6) is 11.5 Å². The standard InChI is InChI=1S/C15H13N3O2/c16-7-11-5-6-15(17-8-11)18-9-12-10-19-13-3-1-2-4-14(13)20-12/h1-6,8,12H,9-10H2,(H,17,18)/t12-/m1/s1. The van der Waals surface area contributed by atoms with Crippen LogP contribution >= 0.6 is 0 Å². The van der Waals surface area contributed by atoms with E-state index in [-0.39, 0.29) is 6.10 Å². The number of aromatic nitrogens is 1. The molecule has 1 N–H and O–H groups in total. The number of hydrogen-bond donors (Lipinski definition) is 1. The number of pyridine rings is 1. The van der Waals surface area contributed by atoms with Gasteiger partial charge in [0, 0.05) is 6.20 Å². The van der Waals surface area contributed by atoms with Gasteiger partial charge in [-0.15, -0.1) is 0 Å². The first kappa shape index (κ1) is 12.3. The second kappa shape index (κ2) is 5.49. The van der Waals surface area contributed by atoms with Crippen LogP contribution < -0.4 is 14.8 Å². The van der Waals surface area contributed by atoms with Crippen molar-refractivity contribution in [1.29, 1.82) is 5.26 Å². The third-order valence-electron chi connectivity index (χ3n) is 2.97. The van der Waals surface area contributed by atoms with Gasteiger partial charge in [-0.2, -0.15) is 5.26 Å². The Balaban J connectivity index is 1.58. The first-order valence-electron chi connectivity index (χ1n) is 6.33. The largest absolute Gasteiger partial charge is 0.486 e. The quantitative estimate of drug-likeness (QED) is 0.923. The van der Waals surface area contributed by atoms with Gasteiger partial charge in [-0.1, -0.05) is 12.1 Å². The molecule has 1 aromatic heterocycles. The minimum atomic E-state index is -0.0673. The predicted octanol–water partition coefficient (Wildman–Crippen LogP) is 2.21. The molecule has 0 saturated carbocycles. The second-order valence-electron chi connectivity index (χ2n) is 4.42. The number of hydrogen-bond acceptors (Lipinski definition) is 5. The van der Waals surface area contributed by atoms with Crippen LogP contribution in [0.1, 0.15) is 5.56 Å². The van der Waals surface area contributed by atoms with Crippen molar-refractivity contribution in [2.45, 2.75) is 6.10 Å². The Labute approximate surface area is 116 Å². The number of para-hydroxylation sites is 2. The van der Waals surface area contributed by atoms with Gasteiger partial charge in [0.05, 0.1) is 12.1 Å². The van der Waals surface area contributed by atoms with E-state index in [4.69, 9.17) is 14.7 Å². The molecule has 1 atom stereocenters. The normalized spacial score (nSPS) is 16.2. The fourth-order valence-corrected chi connectivity index (χ4v) is 1.95. The molecule has 0 bridgehead atoms. The summed E-state index contributed by atoms with van der Waals surface area (Å²) < 4.78 is 11.5. The van der Waals surface area contributed by atoms with E-state index < -0.39 is 0 Å². The molecule has 100 valence electrons. The number of anilines is 1. The van der Waals surface area contributed by atoms with Crippen LogP contribution in [-0.4, -0.2) is 24.2 Å². The minimum absolute atomic E-state index is 0.0673. The molecule has 2 aromatic rings. The zero-order chi connectivity index (χ0) is 13.8. The number of benzene rings is 1. The van der Waals surface area contributed by atoms with E-state index in [1.165, 1.54) is 6.20 Å². The van der Waals surface area contributed by atoms with Gasteiger partial charge in [0.1, 0.15) is 24.6 Å². The van der Waals surface area contributed by atoms with Gasteiger partial charge in [-0.05, 0) is 24.3 Å². The van der Waals surface area contributed by atoms with Gasteiger partial charge >= 0.3 is 0 Å². The fourth-order valence-electron chi connectivity index (χ4n) is 1.95. The maximum Gasteiger partial charge on any atom is 0.161 e. The summed E-state index contributed by atoms with van der Waals surface area (Å²) in [6.07, 6.45) is 1.47. The Kier molecular flexibility index (Phi) is 3.38. The number of fused-ring (bicyclic) bond motifs is 1. The van der Waals surface area contributed by atoms with E-state index in [1.807, 2.05) is 30.3 Å². The van der Waals surface area contributed by atoms with Gasteiger partial charge in [-0.25, -0.2) is 4.98 Å². The molecule has 5 heteroatoms. The van der Waals surface area contributed by atoms with Crippen molar-refractivity contribution in [3.05, 3.63) is 48.2 Å². The molecule has 0 saturated heterocycles. The lowest BCUT2D eigenvalue weighted by Crippen LogP contribution is -2.35. The summed E-state index contributed by atoms with van der Waals surface area (Å²) in [7, 11) is 0. The SMILES string of the molecule is N#Cc1ccc(NC[C@@H]2COc3ccccc3O2)nc1. The van der Waals surface area contributed by atoms with Gasteiger partial charge < -0.3 is 14.8 Å². The molecule has 0 fully saturated rings. The van der Waals surface area contributed by atoms with Crippen molar-refractivity contribution in [3.63, 3.8) is 0 Å². The van der Waals surface area contributed by atoms with Crippen molar-refractivity contribution < 1.29 is 9.47 Å². The highest BCUT2D eigenvalue weighted by atomic mass is 16.6. The van der Waals surface area contributed by atoms with E-state index in [9.17, 15) is 0 Å². The van der Waals surface area contributed by atoms with Gasteiger partial charge in [0.15, 0.2) is 11.5 Å². The molecule has 0 amide bonds. The molecule has 1 aliphatic heterocycles. The first-order valence-corrected chi connectivity index (χ1v) is 6.33. The lowest BCUT2D eigenvalue weighted by Gasteiger charge is -2.26. The molecular weight excluding hydrogens is 254 g/mol. The highest BCUT2D eigenvalue weighted by Crippen LogP contribution is 2.30. The van der Waals surface area contributed by atoms with Crippen molar-refractivity contribution >= 4 is 5.82 Å². The average Bonchev–Trinajstić information content (AvgIpc) is 2.53. The van der Waals surface area contributed by atoms with Crippen LogP contribution in [-0.2, 0) is 0 Å². The smallest absolute Gasteiger partial charge is 0.161 e. The number of nitriles is 1. The van der Waals surface area contributed by atoms with Gasteiger partial charge in [0.2, 0.25) is 0 Å². The maximum atomic E-state index is 8.71. The summed E-state index contributed by atoms with van der Waals surface area (Å²) in [5.74, 6) is 2.25. The molecule has 20 heavy (non-hydrogen) atoms. The molecule has 5 nitrogen and oxygen atoms in total. The Morgan fingerprint density at radius 3 is 2.85 bits per heavy atom. The van der Waals surface area contributed by atoms with E-state index in [1.54, 1.807) is 12.1 Å². The molecule has 1 aliphatic rings. The third kappa shape index (κ3) is 2.64. The number of nitrogens with one attached hydrogen (secondary N) is 1. The van der Waals surface area contributed by atoms with E-state index in [0.29, 0.717) is 24.5 Å². The highest BCUT2D eigenvalue weighted by Gasteiger charge is 2.20. The lowest BCUT2D eigenvalue weighted by atomic mass is 10.2. The second-order valence-corrected chi connectivity index (χ2v) is 4.42. The van der Waals surface area contributed by atoms with Crippen molar-refractivity contribution in [1.82, 2.24) is 4.98 Å². The van der Waals surface area contributed by atoms with Crippen LogP contribution in [0.3, 0.4) is 0 Å².